The van der Waals surface area contributed by atoms with Crippen molar-refractivity contribution < 1.29 is 23.1 Å². The van der Waals surface area contributed by atoms with Crippen molar-refractivity contribution in [1.82, 2.24) is 0 Å². The van der Waals surface area contributed by atoms with E-state index in [1.807, 2.05) is 0 Å². The minimum atomic E-state index is -3.69. The highest BCUT2D eigenvalue weighted by molar-refractivity contribution is 7.92. The van der Waals surface area contributed by atoms with Gasteiger partial charge >= 0.3 is 5.97 Å². The van der Waals surface area contributed by atoms with Crippen molar-refractivity contribution in [1.29, 1.82) is 0 Å². The summed E-state index contributed by atoms with van der Waals surface area (Å²) in [5.41, 5.74) is -0.145. The molecule has 0 aromatic heterocycles. The molecular weight excluding hydrogens is 341 g/mol. The topological polar surface area (TPSA) is 92.7 Å². The smallest absolute Gasteiger partial charge is 0.335 e. The average molecular weight is 354 g/mol. The van der Waals surface area contributed by atoms with E-state index in [1.165, 1.54) is 0 Å². The molecule has 0 radical (unpaired) electrons. The van der Waals surface area contributed by atoms with E-state index in [1.54, 1.807) is 0 Å². The standard InChI is InChI=1S/C12H13Cl2NO5S/c13-9-4-7(12(16)17)5-10(14)11(9)15-21(18,19)6-8-2-1-3-20-8/h4-5,8,15H,1-3,6H2,(H,16,17). The van der Waals surface area contributed by atoms with Crippen molar-refractivity contribution in [2.45, 2.75) is 18.9 Å². The van der Waals surface area contributed by atoms with Gasteiger partial charge in [0.1, 0.15) is 0 Å². The SMILES string of the molecule is O=C(O)c1cc(Cl)c(NS(=O)(=O)CC2CCCO2)c(Cl)c1. The number of carboxylic acid groups (broad SMARTS) is 1. The van der Waals surface area contributed by atoms with Crippen LogP contribution in [0.5, 0.6) is 0 Å². The van der Waals surface area contributed by atoms with Gasteiger partial charge in [0.05, 0.1) is 33.2 Å². The summed E-state index contributed by atoms with van der Waals surface area (Å²) in [5.74, 6) is -1.40. The molecular formula is C12H13Cl2NO5S. The van der Waals surface area contributed by atoms with Crippen molar-refractivity contribution >= 4 is 44.9 Å². The number of aromatic carboxylic acids is 1. The second-order valence-electron chi connectivity index (χ2n) is 4.64. The lowest BCUT2D eigenvalue weighted by Gasteiger charge is -2.14. The zero-order valence-corrected chi connectivity index (χ0v) is 13.1. The lowest BCUT2D eigenvalue weighted by Crippen LogP contribution is -2.26. The highest BCUT2D eigenvalue weighted by Crippen LogP contribution is 2.33. The monoisotopic (exact) mass is 353 g/mol. The molecule has 0 aliphatic carbocycles. The number of sulfonamides is 1. The van der Waals surface area contributed by atoms with E-state index >= 15 is 0 Å². The lowest BCUT2D eigenvalue weighted by molar-refractivity contribution is 0.0697. The molecule has 1 aromatic carbocycles. The second kappa shape index (κ2) is 6.39. The number of hydrogen-bond acceptors (Lipinski definition) is 4. The highest BCUT2D eigenvalue weighted by Gasteiger charge is 2.25. The molecule has 21 heavy (non-hydrogen) atoms. The van der Waals surface area contributed by atoms with Crippen molar-refractivity contribution in [2.75, 3.05) is 17.1 Å². The Morgan fingerprint density at radius 1 is 1.38 bits per heavy atom. The molecule has 1 heterocycles. The van der Waals surface area contributed by atoms with Crippen LogP contribution in [0.25, 0.3) is 0 Å². The van der Waals surface area contributed by atoms with Crippen LogP contribution in [0, 0.1) is 0 Å². The minimum absolute atomic E-state index is 0.0265. The molecule has 0 amide bonds. The van der Waals surface area contributed by atoms with E-state index in [-0.39, 0.29) is 33.2 Å². The van der Waals surface area contributed by atoms with Gasteiger partial charge in [0.2, 0.25) is 10.0 Å². The Kier molecular flexibility index (Phi) is 4.98. The molecule has 1 atom stereocenters. The summed E-state index contributed by atoms with van der Waals surface area (Å²) in [6.45, 7) is 0.551. The number of ether oxygens (including phenoxy) is 1. The van der Waals surface area contributed by atoms with E-state index < -0.39 is 16.0 Å². The number of carbonyl (C=O) groups is 1. The van der Waals surface area contributed by atoms with Gasteiger partial charge in [-0.15, -0.1) is 0 Å². The van der Waals surface area contributed by atoms with Crippen LogP contribution in [0.4, 0.5) is 5.69 Å². The minimum Gasteiger partial charge on any atom is -0.478 e. The maximum absolute atomic E-state index is 12.1. The summed E-state index contributed by atoms with van der Waals surface area (Å²) < 4.78 is 31.7. The third-order valence-electron chi connectivity index (χ3n) is 2.98. The molecule has 9 heteroatoms. The summed E-state index contributed by atoms with van der Waals surface area (Å²) in [7, 11) is -3.69. The molecule has 0 saturated carbocycles. The Bertz CT molecular complexity index is 633. The summed E-state index contributed by atoms with van der Waals surface area (Å²) in [6, 6.07) is 2.28. The number of nitrogens with one attached hydrogen (secondary N) is 1. The zero-order chi connectivity index (χ0) is 15.6. The molecule has 1 aliphatic rings. The quantitative estimate of drug-likeness (QED) is 0.848. The van der Waals surface area contributed by atoms with Gasteiger partial charge in [-0.3, -0.25) is 4.72 Å². The number of rotatable bonds is 5. The summed E-state index contributed by atoms with van der Waals surface area (Å²) in [5, 5.41) is 8.73. The molecule has 0 spiro atoms. The molecule has 1 unspecified atom stereocenters. The molecule has 1 aliphatic heterocycles. The Morgan fingerprint density at radius 2 is 2.00 bits per heavy atom. The Labute approximate surface area is 132 Å². The van der Waals surface area contributed by atoms with Crippen LogP contribution in [0.2, 0.25) is 10.0 Å². The van der Waals surface area contributed by atoms with E-state index in [9.17, 15) is 13.2 Å². The normalized spacial score (nSPS) is 18.7. The maximum Gasteiger partial charge on any atom is 0.335 e. The first kappa shape index (κ1) is 16.4. The Morgan fingerprint density at radius 3 is 2.48 bits per heavy atom. The number of halogens is 2. The fourth-order valence-electron chi connectivity index (χ4n) is 2.01. The van der Waals surface area contributed by atoms with Crippen molar-refractivity contribution in [3.63, 3.8) is 0 Å². The molecule has 2 rings (SSSR count). The highest BCUT2D eigenvalue weighted by atomic mass is 35.5. The van der Waals surface area contributed by atoms with Gasteiger partial charge in [-0.25, -0.2) is 13.2 Å². The molecule has 116 valence electrons. The van der Waals surface area contributed by atoms with Gasteiger partial charge in [0, 0.05) is 6.61 Å². The van der Waals surface area contributed by atoms with Crippen LogP contribution in [-0.2, 0) is 14.8 Å². The number of benzene rings is 1. The third kappa shape index (κ3) is 4.23. The first-order valence-electron chi connectivity index (χ1n) is 6.13. The first-order chi connectivity index (χ1) is 9.78. The van der Waals surface area contributed by atoms with Crippen molar-refractivity contribution in [3.05, 3.63) is 27.7 Å². The molecule has 1 aromatic rings. The molecule has 0 bridgehead atoms. The van der Waals surface area contributed by atoms with E-state index in [0.29, 0.717) is 13.0 Å². The van der Waals surface area contributed by atoms with Gasteiger partial charge in [0.15, 0.2) is 0 Å². The summed E-state index contributed by atoms with van der Waals surface area (Å²) in [6.07, 6.45) is 1.16. The van der Waals surface area contributed by atoms with E-state index in [2.05, 4.69) is 4.72 Å². The van der Waals surface area contributed by atoms with Crippen LogP contribution in [0.15, 0.2) is 12.1 Å². The average Bonchev–Trinajstić information content (AvgIpc) is 2.85. The van der Waals surface area contributed by atoms with Crippen LogP contribution in [-0.4, -0.2) is 38.0 Å². The van der Waals surface area contributed by atoms with Crippen molar-refractivity contribution in [3.8, 4) is 0 Å². The second-order valence-corrected chi connectivity index (χ2v) is 7.22. The van der Waals surface area contributed by atoms with E-state index in [4.69, 9.17) is 33.0 Å². The Hall–Kier alpha value is -1.02. The fourth-order valence-corrected chi connectivity index (χ4v) is 4.07. The van der Waals surface area contributed by atoms with Gasteiger partial charge in [-0.2, -0.15) is 0 Å². The lowest BCUT2D eigenvalue weighted by atomic mass is 10.2. The largest absolute Gasteiger partial charge is 0.478 e. The fraction of sp³-hybridized carbons (Fsp3) is 0.417. The molecule has 1 saturated heterocycles. The third-order valence-corrected chi connectivity index (χ3v) is 4.90. The Balaban J connectivity index is 2.20. The first-order valence-corrected chi connectivity index (χ1v) is 8.54. The molecule has 1 fully saturated rings. The van der Waals surface area contributed by atoms with Gasteiger partial charge in [-0.1, -0.05) is 23.2 Å². The number of anilines is 1. The zero-order valence-electron chi connectivity index (χ0n) is 10.8. The maximum atomic E-state index is 12.1. The van der Waals surface area contributed by atoms with E-state index in [0.717, 1.165) is 18.6 Å². The van der Waals surface area contributed by atoms with Gasteiger partial charge in [-0.05, 0) is 25.0 Å². The predicted octanol–water partition coefficient (Wildman–Crippen LogP) is 2.61. The number of carboxylic acids is 1. The summed E-state index contributed by atoms with van der Waals surface area (Å²) >= 11 is 11.8. The van der Waals surface area contributed by atoms with Gasteiger partial charge in [0.25, 0.3) is 0 Å². The van der Waals surface area contributed by atoms with Crippen LogP contribution < -0.4 is 4.72 Å². The number of hydrogen-bond donors (Lipinski definition) is 2. The van der Waals surface area contributed by atoms with Crippen LogP contribution >= 0.6 is 23.2 Å². The van der Waals surface area contributed by atoms with Crippen molar-refractivity contribution in [2.24, 2.45) is 0 Å². The summed E-state index contributed by atoms with van der Waals surface area (Å²) in [4.78, 5) is 10.9. The molecule has 2 N–H and O–H groups in total. The van der Waals surface area contributed by atoms with Gasteiger partial charge < -0.3 is 9.84 Å². The predicted molar refractivity (Wildman–Crippen MR) is 79.8 cm³/mol. The molecule has 6 nitrogen and oxygen atoms in total. The van der Waals surface area contributed by atoms with Crippen LogP contribution in [0.1, 0.15) is 23.2 Å². The van der Waals surface area contributed by atoms with Crippen LogP contribution in [0.3, 0.4) is 0 Å².